The van der Waals surface area contributed by atoms with E-state index in [1.165, 1.54) is 0 Å². The van der Waals surface area contributed by atoms with Gasteiger partial charge in [0.1, 0.15) is 0 Å². The van der Waals surface area contributed by atoms with Gasteiger partial charge in [-0.2, -0.15) is 13.2 Å². The molecule has 0 spiro atoms. The summed E-state index contributed by atoms with van der Waals surface area (Å²) in [6.45, 7) is -0.709. The van der Waals surface area contributed by atoms with Crippen LogP contribution in [0.25, 0.3) is 0 Å². The Morgan fingerprint density at radius 3 is 2.59 bits per heavy atom. The maximum Gasteiger partial charge on any atom is 0.475 e. The number of nitrogens with zero attached hydrogens (tertiary/aromatic N) is 1. The molecule has 0 aliphatic carbocycles. The van der Waals surface area contributed by atoms with Gasteiger partial charge in [0.25, 0.3) is 5.91 Å². The smallest absolute Gasteiger partial charge is 0.475 e. The Balaban J connectivity index is 2.06. The van der Waals surface area contributed by atoms with Gasteiger partial charge in [-0.25, -0.2) is 12.6 Å². The molecule has 0 saturated carbocycles. The summed E-state index contributed by atoms with van der Waals surface area (Å²) < 4.78 is 76.3. The minimum Gasteiger partial charge on any atom is -0.477 e. The van der Waals surface area contributed by atoms with Gasteiger partial charge >= 0.3 is 11.2 Å². The Kier molecular flexibility index (Phi) is 6.09. The Labute approximate surface area is 153 Å². The molecular formula is C13H13F3N2O7S2. The first-order valence-corrected chi connectivity index (χ1v) is 10.3. The molecular weight excluding hydrogens is 417 g/mol. The summed E-state index contributed by atoms with van der Waals surface area (Å²) in [5.74, 6) is -1.52. The molecule has 0 aromatic heterocycles. The molecule has 27 heavy (non-hydrogen) atoms. The Morgan fingerprint density at radius 1 is 1.41 bits per heavy atom. The number of carbonyl (C=O) groups is 1. The minimum atomic E-state index is -5.09. The van der Waals surface area contributed by atoms with Gasteiger partial charge in [0, 0.05) is 12.1 Å². The number of rotatable bonds is 6. The number of alkyl halides is 3. The van der Waals surface area contributed by atoms with Crippen LogP contribution >= 0.6 is 0 Å². The van der Waals surface area contributed by atoms with Crippen molar-refractivity contribution in [1.29, 1.82) is 0 Å². The molecule has 2 rings (SSSR count). The molecule has 14 heteroatoms. The fourth-order valence-corrected chi connectivity index (χ4v) is 4.68. The number of carbonyl (C=O) groups excluding carboxylic acids is 1. The second-order valence-corrected chi connectivity index (χ2v) is 9.26. The number of ether oxygens (including phenoxy) is 1. The summed E-state index contributed by atoms with van der Waals surface area (Å²) in [6.07, 6.45) is 0.228. The van der Waals surface area contributed by atoms with Crippen molar-refractivity contribution >= 4 is 32.2 Å². The van der Waals surface area contributed by atoms with E-state index in [0.717, 1.165) is 12.1 Å². The molecule has 1 fully saturated rings. The number of hydrogen-bond acceptors (Lipinski definition) is 7. The maximum atomic E-state index is 12.5. The van der Waals surface area contributed by atoms with Crippen LogP contribution in [0.15, 0.2) is 23.1 Å². The molecule has 1 aromatic carbocycles. The summed E-state index contributed by atoms with van der Waals surface area (Å²) in [6, 6.07) is 1.41. The maximum absolute atomic E-state index is 12.5. The average Bonchev–Trinajstić information content (AvgIpc) is 2.89. The molecule has 1 aliphatic rings. The lowest BCUT2D eigenvalue weighted by Gasteiger charge is -2.12. The largest absolute Gasteiger partial charge is 0.477 e. The molecule has 1 aromatic rings. The first-order valence-electron chi connectivity index (χ1n) is 7.28. The van der Waals surface area contributed by atoms with Gasteiger partial charge < -0.3 is 10.1 Å². The van der Waals surface area contributed by atoms with Gasteiger partial charge in [0.15, 0.2) is 33.0 Å². The van der Waals surface area contributed by atoms with Gasteiger partial charge in [0.2, 0.25) is 0 Å². The molecule has 1 heterocycles. The number of halogens is 3. The minimum absolute atomic E-state index is 0.0674. The highest BCUT2D eigenvalue weighted by molar-refractivity contribution is 7.91. The van der Waals surface area contributed by atoms with Crippen LogP contribution in [0.1, 0.15) is 6.42 Å². The summed E-state index contributed by atoms with van der Waals surface area (Å²) in [5, 5.41) is 13.4. The highest BCUT2D eigenvalue weighted by Crippen LogP contribution is 2.33. The Bertz CT molecular complexity index is 886. The molecule has 1 amide bonds. The number of nitro groups is 1. The SMILES string of the molecule is O=C(COc1ccc(S(=O)C(F)(F)F)cc1[N+](=O)[O-])NC1CCS(=O)(=O)C1. The fraction of sp³-hybridized carbons (Fsp3) is 0.462. The van der Waals surface area contributed by atoms with Crippen molar-refractivity contribution in [1.82, 2.24) is 5.32 Å². The molecule has 1 N–H and O–H groups in total. The first-order chi connectivity index (χ1) is 12.4. The van der Waals surface area contributed by atoms with E-state index < -0.39 is 66.0 Å². The van der Waals surface area contributed by atoms with Gasteiger partial charge in [-0.1, -0.05) is 0 Å². The average molecular weight is 430 g/mol. The van der Waals surface area contributed by atoms with E-state index >= 15 is 0 Å². The second-order valence-electron chi connectivity index (χ2n) is 5.56. The zero-order valence-corrected chi connectivity index (χ0v) is 15.0. The number of nitro benzene ring substituents is 1. The highest BCUT2D eigenvalue weighted by atomic mass is 32.2. The predicted molar refractivity (Wildman–Crippen MR) is 86.3 cm³/mol. The Hall–Kier alpha value is -2.22. The molecule has 2 atom stereocenters. The zero-order chi connectivity index (χ0) is 20.4. The lowest BCUT2D eigenvalue weighted by molar-refractivity contribution is -0.386. The van der Waals surface area contributed by atoms with Crippen molar-refractivity contribution < 1.29 is 40.3 Å². The van der Waals surface area contributed by atoms with Gasteiger partial charge in [-0.3, -0.25) is 14.9 Å². The van der Waals surface area contributed by atoms with Crippen molar-refractivity contribution in [2.45, 2.75) is 22.9 Å². The highest BCUT2D eigenvalue weighted by Gasteiger charge is 2.39. The van der Waals surface area contributed by atoms with E-state index in [1.54, 1.807) is 0 Å². The lowest BCUT2D eigenvalue weighted by Crippen LogP contribution is -2.38. The van der Waals surface area contributed by atoms with Gasteiger partial charge in [-0.15, -0.1) is 0 Å². The molecule has 0 bridgehead atoms. The van der Waals surface area contributed by atoms with Crippen LogP contribution in [0.3, 0.4) is 0 Å². The third-order valence-corrected chi connectivity index (χ3v) is 6.38. The number of benzene rings is 1. The normalized spacial score (nSPS) is 20.0. The number of sulfone groups is 1. The third kappa shape index (κ3) is 5.63. The number of amides is 1. The third-order valence-electron chi connectivity index (χ3n) is 3.51. The van der Waals surface area contributed by atoms with Crippen molar-refractivity contribution in [2.24, 2.45) is 0 Å². The van der Waals surface area contributed by atoms with Crippen LogP contribution in [0.5, 0.6) is 5.75 Å². The number of hydrogen-bond donors (Lipinski definition) is 1. The molecule has 150 valence electrons. The zero-order valence-electron chi connectivity index (χ0n) is 13.4. The molecule has 2 unspecified atom stereocenters. The van der Waals surface area contributed by atoms with Crippen molar-refractivity contribution in [2.75, 3.05) is 18.1 Å². The quantitative estimate of drug-likeness (QED) is 0.524. The van der Waals surface area contributed by atoms with Gasteiger partial charge in [0.05, 0.1) is 21.3 Å². The summed E-state index contributed by atoms with van der Waals surface area (Å²) in [7, 11) is -6.67. The predicted octanol–water partition coefficient (Wildman–Crippen LogP) is 0.904. The van der Waals surface area contributed by atoms with Crippen LogP contribution < -0.4 is 10.1 Å². The molecule has 1 saturated heterocycles. The standard InChI is InChI=1S/C13H13F3N2O7S2/c14-13(15,16)26(22)9-1-2-11(10(5-9)18(20)21)25-6-12(19)17-8-3-4-27(23,24)7-8/h1-2,5,8H,3-4,6-7H2,(H,17,19). The van der Waals surface area contributed by atoms with Crippen LogP contribution in [0.2, 0.25) is 0 Å². The lowest BCUT2D eigenvalue weighted by atomic mass is 10.2. The van der Waals surface area contributed by atoms with E-state index in [0.29, 0.717) is 6.07 Å². The van der Waals surface area contributed by atoms with Crippen LogP contribution in [-0.2, 0) is 25.4 Å². The van der Waals surface area contributed by atoms with E-state index in [9.17, 15) is 40.7 Å². The van der Waals surface area contributed by atoms with Crippen molar-refractivity contribution in [3.63, 3.8) is 0 Å². The molecule has 9 nitrogen and oxygen atoms in total. The van der Waals surface area contributed by atoms with Crippen molar-refractivity contribution in [3.8, 4) is 5.75 Å². The second kappa shape index (κ2) is 7.80. The first kappa shape index (κ1) is 21.1. The monoisotopic (exact) mass is 430 g/mol. The molecule has 1 aliphatic heterocycles. The van der Waals surface area contributed by atoms with E-state index in [-0.39, 0.29) is 17.9 Å². The van der Waals surface area contributed by atoms with E-state index in [2.05, 4.69) is 5.32 Å². The Morgan fingerprint density at radius 2 is 2.07 bits per heavy atom. The fourth-order valence-electron chi connectivity index (χ4n) is 2.33. The van der Waals surface area contributed by atoms with Crippen LogP contribution in [0, 0.1) is 10.1 Å². The topological polar surface area (TPSA) is 133 Å². The van der Waals surface area contributed by atoms with Crippen molar-refractivity contribution in [3.05, 3.63) is 28.3 Å². The summed E-state index contributed by atoms with van der Waals surface area (Å²) in [4.78, 5) is 20.9. The van der Waals surface area contributed by atoms with E-state index in [1.807, 2.05) is 0 Å². The van der Waals surface area contributed by atoms with Crippen LogP contribution in [-0.4, -0.2) is 53.1 Å². The number of nitrogens with one attached hydrogen (secondary N) is 1. The van der Waals surface area contributed by atoms with Crippen LogP contribution in [0.4, 0.5) is 18.9 Å². The van der Waals surface area contributed by atoms with E-state index in [4.69, 9.17) is 4.74 Å². The summed E-state index contributed by atoms with van der Waals surface area (Å²) in [5.41, 5.74) is -5.97. The summed E-state index contributed by atoms with van der Waals surface area (Å²) >= 11 is 0. The molecule has 0 radical (unpaired) electrons. The van der Waals surface area contributed by atoms with Gasteiger partial charge in [-0.05, 0) is 18.6 Å².